The summed E-state index contributed by atoms with van der Waals surface area (Å²) in [4.78, 5) is 47.2. The van der Waals surface area contributed by atoms with E-state index >= 15 is 0 Å². The Morgan fingerprint density at radius 2 is 1.69 bits per heavy atom. The summed E-state index contributed by atoms with van der Waals surface area (Å²) in [6.07, 6.45) is -3.69. The Bertz CT molecular complexity index is 1110. The van der Waals surface area contributed by atoms with Gasteiger partial charge in [-0.1, -0.05) is 0 Å². The van der Waals surface area contributed by atoms with Gasteiger partial charge < -0.3 is 40.3 Å². The normalized spacial score (nSPS) is 27.6. The van der Waals surface area contributed by atoms with Crippen molar-refractivity contribution < 1.29 is 61.4 Å². The minimum absolute atomic E-state index is 0. The highest BCUT2D eigenvalue weighted by Crippen LogP contribution is 2.66. The van der Waals surface area contributed by atoms with Crippen molar-refractivity contribution in [3.8, 4) is 0 Å². The van der Waals surface area contributed by atoms with Crippen LogP contribution in [-0.4, -0.2) is 97.3 Å². The van der Waals surface area contributed by atoms with Gasteiger partial charge in [0.2, 0.25) is 0 Å². The molecule has 2 aromatic rings. The van der Waals surface area contributed by atoms with Crippen LogP contribution >= 0.6 is 23.5 Å². The van der Waals surface area contributed by atoms with Crippen molar-refractivity contribution in [2.75, 3.05) is 12.3 Å². The van der Waals surface area contributed by atoms with Gasteiger partial charge in [0.05, 0.1) is 12.9 Å². The molecule has 0 bridgehead atoms. The number of phosphoric acid groups is 3. The van der Waals surface area contributed by atoms with Gasteiger partial charge in [-0.25, -0.2) is 28.6 Å². The maximum atomic E-state index is 11.8. The summed E-state index contributed by atoms with van der Waals surface area (Å²) >= 11 is 0. The highest BCUT2D eigenvalue weighted by atomic mass is 31.3. The van der Waals surface area contributed by atoms with Crippen LogP contribution in [0, 0.1) is 0 Å². The Morgan fingerprint density at radius 3 is 2.31 bits per heavy atom. The molecule has 3 heterocycles. The van der Waals surface area contributed by atoms with E-state index in [0.717, 1.165) is 6.33 Å². The Hall–Kier alpha value is -0.594. The van der Waals surface area contributed by atoms with Crippen LogP contribution in [0.25, 0.3) is 11.2 Å². The first kappa shape index (κ1) is 27.6. The molecule has 18 nitrogen and oxygen atoms in total. The first-order valence-corrected chi connectivity index (χ1v) is 12.4. The molecule has 0 amide bonds. The second-order valence-corrected chi connectivity index (χ2v) is 10.4. The van der Waals surface area contributed by atoms with Crippen LogP contribution in [0.2, 0.25) is 0 Å². The van der Waals surface area contributed by atoms with Crippen molar-refractivity contribution in [2.45, 2.75) is 24.5 Å². The van der Waals surface area contributed by atoms with E-state index in [1.54, 1.807) is 0 Å². The highest BCUT2D eigenvalue weighted by molar-refractivity contribution is 7.66. The Kier molecular flexibility index (Phi) is 8.60. The van der Waals surface area contributed by atoms with Gasteiger partial charge in [-0.3, -0.25) is 9.09 Å². The Morgan fingerprint density at radius 1 is 1.03 bits per heavy atom. The van der Waals surface area contributed by atoms with Gasteiger partial charge in [0.1, 0.15) is 30.2 Å². The summed E-state index contributed by atoms with van der Waals surface area (Å²) < 4.78 is 51.9. The number of anilines is 1. The second kappa shape index (κ2) is 9.95. The number of nitrogens with zero attached hydrogens (tertiary/aromatic N) is 4. The summed E-state index contributed by atoms with van der Waals surface area (Å²) in [5.74, 6) is 0.0426. The number of ether oxygens (including phenoxy) is 1. The number of rotatable bonds is 8. The molecule has 8 N–H and O–H groups in total. The number of aliphatic hydroxyl groups is 2. The molecule has 0 radical (unpaired) electrons. The average molecular weight is 534 g/mol. The topological polar surface area (TPSA) is 279 Å². The number of imidazole rings is 1. The van der Waals surface area contributed by atoms with Crippen molar-refractivity contribution in [1.82, 2.24) is 19.5 Å². The molecule has 1 aliphatic rings. The van der Waals surface area contributed by atoms with Gasteiger partial charge in [-0.2, -0.15) is 8.62 Å². The second-order valence-electron chi connectivity index (χ2n) is 6.02. The van der Waals surface area contributed by atoms with E-state index in [9.17, 15) is 28.8 Å². The number of fused-ring (bicyclic) bond motifs is 1. The molecule has 0 saturated carbocycles. The van der Waals surface area contributed by atoms with Gasteiger partial charge in [0.25, 0.3) is 0 Å². The van der Waals surface area contributed by atoms with E-state index in [-0.39, 0.29) is 40.0 Å². The molecule has 1 aliphatic heterocycles. The van der Waals surface area contributed by atoms with Crippen LogP contribution in [0.1, 0.15) is 6.23 Å². The third-order valence-electron chi connectivity index (χ3n) is 3.82. The molecule has 1 fully saturated rings. The summed E-state index contributed by atoms with van der Waals surface area (Å²) in [6.45, 7) is -0.956. The largest absolute Gasteiger partial charge is 0.490 e. The van der Waals surface area contributed by atoms with Crippen LogP contribution in [-0.2, 0) is 31.6 Å². The minimum atomic E-state index is -5.70. The van der Waals surface area contributed by atoms with E-state index in [1.165, 1.54) is 10.9 Å². The third-order valence-corrected chi connectivity index (χ3v) is 7.62. The fourth-order valence-corrected chi connectivity index (χ4v) is 5.65. The molecule has 0 spiro atoms. The first-order chi connectivity index (χ1) is 14.2. The van der Waals surface area contributed by atoms with Crippen molar-refractivity contribution in [1.29, 1.82) is 0 Å². The standard InChI is InChI=1S/C10H16N5O13P3.Mg.2H/c11-8-5-9(13-2-12-8)15(3-14-5)10-7(17)6(16)4(26-10)1-25-30(21,22)28-31(23,24)27-29(18,19)20;;;/h2-4,6-7,10,16-17H,1H2,(H,21,22)(H,23,24)(H2,11,12,13)(H2,18,19,20);;;/t4-,6?,7?,10-;;;/m1.../s1. The summed E-state index contributed by atoms with van der Waals surface area (Å²) in [5, 5.41) is 20.4. The average Bonchev–Trinajstić information content (AvgIpc) is 3.13. The molecule has 6 atom stereocenters. The van der Waals surface area contributed by atoms with Gasteiger partial charge in [-0.05, 0) is 0 Å². The Balaban J connectivity index is 0.00000363. The minimum Gasteiger partial charge on any atom is -0.387 e. The number of hydrogen-bond acceptors (Lipinski definition) is 13. The quantitative estimate of drug-likeness (QED) is 0.136. The van der Waals surface area contributed by atoms with Crippen LogP contribution in [0.4, 0.5) is 5.82 Å². The smallest absolute Gasteiger partial charge is 0.387 e. The van der Waals surface area contributed by atoms with Crippen LogP contribution < -0.4 is 5.73 Å². The van der Waals surface area contributed by atoms with Crippen LogP contribution in [0.15, 0.2) is 12.7 Å². The fraction of sp³-hybridized carbons (Fsp3) is 0.500. The molecule has 0 aliphatic carbocycles. The van der Waals surface area contributed by atoms with Gasteiger partial charge in [0.15, 0.2) is 17.7 Å². The lowest BCUT2D eigenvalue weighted by atomic mass is 10.1. The van der Waals surface area contributed by atoms with E-state index in [0.29, 0.717) is 0 Å². The van der Waals surface area contributed by atoms with E-state index in [2.05, 4.69) is 28.1 Å². The molecular weight excluding hydrogens is 515 g/mol. The van der Waals surface area contributed by atoms with Gasteiger partial charge in [-0.15, -0.1) is 0 Å². The van der Waals surface area contributed by atoms with Crippen molar-refractivity contribution in [2.24, 2.45) is 0 Å². The third kappa shape index (κ3) is 6.50. The zero-order valence-corrected chi connectivity index (χ0v) is 17.6. The maximum Gasteiger partial charge on any atom is 0.490 e. The number of nitrogens with two attached hydrogens (primary N) is 1. The number of phosphoric ester groups is 1. The summed E-state index contributed by atoms with van der Waals surface area (Å²) in [6, 6.07) is 0. The maximum absolute atomic E-state index is 11.8. The zero-order chi connectivity index (χ0) is 23.2. The van der Waals surface area contributed by atoms with Crippen LogP contribution in [0.3, 0.4) is 0 Å². The molecule has 4 unspecified atom stereocenters. The summed E-state index contributed by atoms with van der Waals surface area (Å²) in [5.41, 5.74) is 6.00. The van der Waals surface area contributed by atoms with Gasteiger partial charge >= 0.3 is 46.5 Å². The lowest BCUT2D eigenvalue weighted by Gasteiger charge is -2.19. The number of aliphatic hydroxyl groups excluding tert-OH is 2. The van der Waals surface area contributed by atoms with Crippen molar-refractivity contribution in [3.63, 3.8) is 0 Å². The summed E-state index contributed by atoms with van der Waals surface area (Å²) in [7, 11) is -16.7. The lowest BCUT2D eigenvalue weighted by Crippen LogP contribution is -2.33. The highest BCUT2D eigenvalue weighted by Gasteiger charge is 2.47. The Labute approximate surface area is 193 Å². The SMILES string of the molecule is Nc1ncnc2c1ncn2[C@@H]1O[C@H](COP(=O)(O)OP(=O)(O)OP(=O)(O)O)C(O)C1O.[MgH2]. The predicted octanol–water partition coefficient (Wildman–Crippen LogP) is -2.55. The molecule has 178 valence electrons. The van der Waals surface area contributed by atoms with Crippen molar-refractivity contribution in [3.05, 3.63) is 12.7 Å². The predicted molar refractivity (Wildman–Crippen MR) is 104 cm³/mol. The van der Waals surface area contributed by atoms with Crippen molar-refractivity contribution >= 4 is 63.5 Å². The molecule has 32 heavy (non-hydrogen) atoms. The molecule has 2 aromatic heterocycles. The number of aromatic nitrogens is 4. The molecular formula is C10H18MgN5O13P3. The molecule has 0 aromatic carbocycles. The lowest BCUT2D eigenvalue weighted by molar-refractivity contribution is -0.0503. The number of nitrogen functional groups attached to an aromatic ring is 1. The first-order valence-electron chi connectivity index (χ1n) is 7.92. The fourth-order valence-electron chi connectivity index (χ4n) is 2.62. The molecule has 3 rings (SSSR count). The van der Waals surface area contributed by atoms with E-state index in [4.69, 9.17) is 25.2 Å². The molecule has 22 heteroatoms. The monoisotopic (exact) mass is 533 g/mol. The zero-order valence-electron chi connectivity index (χ0n) is 14.9. The van der Waals surface area contributed by atoms with Crippen LogP contribution in [0.5, 0.6) is 0 Å². The van der Waals surface area contributed by atoms with E-state index in [1.807, 2.05) is 0 Å². The van der Waals surface area contributed by atoms with Gasteiger partial charge in [0, 0.05) is 0 Å². The molecule has 1 saturated heterocycles. The van der Waals surface area contributed by atoms with E-state index < -0.39 is 54.6 Å². The number of hydrogen-bond donors (Lipinski definition) is 7.